The SMILES string of the molecule is Cc1ccc(OCCCC(=O)N(Cc2cccc(C)c2)[C@H](Cc2ccccc2)C(=O)NC(C)C)cc1. The molecule has 0 aliphatic heterocycles. The molecule has 5 nitrogen and oxygen atoms in total. The predicted molar refractivity (Wildman–Crippen MR) is 145 cm³/mol. The zero-order valence-corrected chi connectivity index (χ0v) is 21.9. The summed E-state index contributed by atoms with van der Waals surface area (Å²) in [5.74, 6) is 0.609. The minimum Gasteiger partial charge on any atom is -0.494 e. The van der Waals surface area contributed by atoms with E-state index in [4.69, 9.17) is 4.74 Å². The number of rotatable bonds is 12. The summed E-state index contributed by atoms with van der Waals surface area (Å²) < 4.78 is 5.83. The number of hydrogen-bond donors (Lipinski definition) is 1. The number of amides is 2. The molecular formula is C31H38N2O3. The highest BCUT2D eigenvalue weighted by atomic mass is 16.5. The lowest BCUT2D eigenvalue weighted by Gasteiger charge is -2.32. The highest BCUT2D eigenvalue weighted by Crippen LogP contribution is 2.18. The van der Waals surface area contributed by atoms with Crippen LogP contribution < -0.4 is 10.1 Å². The van der Waals surface area contributed by atoms with Crippen LogP contribution in [0, 0.1) is 13.8 Å². The van der Waals surface area contributed by atoms with E-state index in [0.717, 1.165) is 22.4 Å². The fraction of sp³-hybridized carbons (Fsp3) is 0.355. The van der Waals surface area contributed by atoms with Crippen molar-refractivity contribution < 1.29 is 14.3 Å². The van der Waals surface area contributed by atoms with E-state index < -0.39 is 6.04 Å². The number of carbonyl (C=O) groups excluding carboxylic acids is 2. The molecule has 3 rings (SSSR count). The molecule has 0 aromatic heterocycles. The van der Waals surface area contributed by atoms with Crippen molar-refractivity contribution in [1.29, 1.82) is 0 Å². The standard InChI is InChI=1S/C31H38N2O3/c1-23(2)32-31(35)29(21-26-11-6-5-7-12-26)33(22-27-13-8-10-25(4)20-27)30(34)14-9-19-36-28-17-15-24(3)16-18-28/h5-8,10-13,15-18,20,23,29H,9,14,19,21-22H2,1-4H3,(H,32,35)/t29-/m1/s1. The maximum absolute atomic E-state index is 13.6. The molecule has 0 unspecified atom stereocenters. The molecule has 1 atom stereocenters. The fourth-order valence-corrected chi connectivity index (χ4v) is 4.13. The Hall–Kier alpha value is -3.60. The van der Waals surface area contributed by atoms with Gasteiger partial charge >= 0.3 is 0 Å². The largest absolute Gasteiger partial charge is 0.494 e. The first kappa shape index (κ1) is 27.0. The molecule has 0 spiro atoms. The monoisotopic (exact) mass is 486 g/mol. The normalized spacial score (nSPS) is 11.7. The van der Waals surface area contributed by atoms with Crippen molar-refractivity contribution >= 4 is 11.8 Å². The summed E-state index contributed by atoms with van der Waals surface area (Å²) in [6, 6.07) is 25.2. The smallest absolute Gasteiger partial charge is 0.243 e. The van der Waals surface area contributed by atoms with Gasteiger partial charge in [-0.3, -0.25) is 9.59 Å². The van der Waals surface area contributed by atoms with Crippen molar-refractivity contribution in [2.24, 2.45) is 0 Å². The Morgan fingerprint density at radius 3 is 2.22 bits per heavy atom. The Balaban J connectivity index is 1.78. The number of aryl methyl sites for hydroxylation is 2. The van der Waals surface area contributed by atoms with Crippen LogP contribution in [-0.2, 0) is 22.6 Å². The molecule has 2 amide bonds. The quantitative estimate of drug-likeness (QED) is 0.338. The zero-order chi connectivity index (χ0) is 25.9. The van der Waals surface area contributed by atoms with E-state index in [-0.39, 0.29) is 17.9 Å². The van der Waals surface area contributed by atoms with Crippen molar-refractivity contribution in [2.75, 3.05) is 6.61 Å². The lowest BCUT2D eigenvalue weighted by Crippen LogP contribution is -2.51. The molecule has 0 saturated heterocycles. The first-order valence-electron chi connectivity index (χ1n) is 12.7. The average Bonchev–Trinajstić information content (AvgIpc) is 2.85. The van der Waals surface area contributed by atoms with Crippen molar-refractivity contribution in [2.45, 2.75) is 65.6 Å². The molecule has 0 saturated carbocycles. The zero-order valence-electron chi connectivity index (χ0n) is 21.9. The third-order valence-electron chi connectivity index (χ3n) is 5.96. The van der Waals surface area contributed by atoms with Gasteiger partial charge in [-0.25, -0.2) is 0 Å². The second-order valence-electron chi connectivity index (χ2n) is 9.64. The van der Waals surface area contributed by atoms with Gasteiger partial charge in [0.15, 0.2) is 0 Å². The van der Waals surface area contributed by atoms with Gasteiger partial charge < -0.3 is 15.0 Å². The van der Waals surface area contributed by atoms with Crippen LogP contribution in [0.4, 0.5) is 0 Å². The van der Waals surface area contributed by atoms with Gasteiger partial charge in [0.05, 0.1) is 6.61 Å². The van der Waals surface area contributed by atoms with Crippen LogP contribution in [0.15, 0.2) is 78.9 Å². The van der Waals surface area contributed by atoms with Crippen LogP contribution in [-0.4, -0.2) is 35.4 Å². The van der Waals surface area contributed by atoms with Crippen molar-refractivity contribution in [3.8, 4) is 5.75 Å². The molecule has 0 radical (unpaired) electrons. The van der Waals surface area contributed by atoms with Gasteiger partial charge in [0.1, 0.15) is 11.8 Å². The topological polar surface area (TPSA) is 58.6 Å². The lowest BCUT2D eigenvalue weighted by molar-refractivity contribution is -0.141. The van der Waals surface area contributed by atoms with E-state index in [1.54, 1.807) is 4.90 Å². The number of nitrogens with one attached hydrogen (secondary N) is 1. The Morgan fingerprint density at radius 1 is 0.861 bits per heavy atom. The Morgan fingerprint density at radius 2 is 1.56 bits per heavy atom. The molecule has 0 heterocycles. The van der Waals surface area contributed by atoms with E-state index in [1.807, 2.05) is 100 Å². The molecule has 190 valence electrons. The van der Waals surface area contributed by atoms with Crippen LogP contribution >= 0.6 is 0 Å². The highest BCUT2D eigenvalue weighted by molar-refractivity contribution is 5.88. The van der Waals surface area contributed by atoms with Crippen LogP contribution in [0.1, 0.15) is 48.9 Å². The maximum atomic E-state index is 13.6. The Bertz CT molecular complexity index is 1110. The molecule has 1 N–H and O–H groups in total. The number of carbonyl (C=O) groups is 2. The third kappa shape index (κ3) is 8.56. The fourth-order valence-electron chi connectivity index (χ4n) is 4.13. The van der Waals surface area contributed by atoms with Crippen molar-refractivity contribution in [3.63, 3.8) is 0 Å². The summed E-state index contributed by atoms with van der Waals surface area (Å²) >= 11 is 0. The molecule has 0 fully saturated rings. The highest BCUT2D eigenvalue weighted by Gasteiger charge is 2.30. The third-order valence-corrected chi connectivity index (χ3v) is 5.96. The van der Waals surface area contributed by atoms with Crippen LogP contribution in [0.25, 0.3) is 0 Å². The number of ether oxygens (including phenoxy) is 1. The minimum atomic E-state index is -0.610. The molecular weight excluding hydrogens is 448 g/mol. The first-order valence-corrected chi connectivity index (χ1v) is 12.7. The molecule has 0 aliphatic rings. The Kier molecular flexibility index (Phi) is 10.1. The van der Waals surface area contributed by atoms with Gasteiger partial charge in [-0.2, -0.15) is 0 Å². The average molecular weight is 487 g/mol. The summed E-state index contributed by atoms with van der Waals surface area (Å²) in [6.07, 6.45) is 1.33. The van der Waals surface area contributed by atoms with Crippen LogP contribution in [0.2, 0.25) is 0 Å². The summed E-state index contributed by atoms with van der Waals surface area (Å²) in [5.41, 5.74) is 4.33. The summed E-state index contributed by atoms with van der Waals surface area (Å²) in [7, 11) is 0. The summed E-state index contributed by atoms with van der Waals surface area (Å²) in [5, 5.41) is 3.03. The van der Waals surface area contributed by atoms with Gasteiger partial charge in [0.25, 0.3) is 0 Å². The van der Waals surface area contributed by atoms with Gasteiger partial charge in [0.2, 0.25) is 11.8 Å². The molecule has 0 aliphatic carbocycles. The number of benzene rings is 3. The second-order valence-corrected chi connectivity index (χ2v) is 9.64. The lowest BCUT2D eigenvalue weighted by atomic mass is 10.0. The van der Waals surface area contributed by atoms with Gasteiger partial charge in [-0.15, -0.1) is 0 Å². The van der Waals surface area contributed by atoms with Gasteiger partial charge in [0, 0.05) is 25.4 Å². The predicted octanol–water partition coefficient (Wildman–Crippen LogP) is 5.63. The first-order chi connectivity index (χ1) is 17.3. The minimum absolute atomic E-state index is 0.0189. The van der Waals surface area contributed by atoms with Crippen molar-refractivity contribution in [3.05, 3.63) is 101 Å². The maximum Gasteiger partial charge on any atom is 0.243 e. The van der Waals surface area contributed by atoms with Gasteiger partial charge in [-0.1, -0.05) is 77.9 Å². The number of hydrogen-bond acceptors (Lipinski definition) is 3. The second kappa shape index (κ2) is 13.5. The van der Waals surface area contributed by atoms with E-state index in [9.17, 15) is 9.59 Å². The number of nitrogens with zero attached hydrogens (tertiary/aromatic N) is 1. The molecule has 5 heteroatoms. The van der Waals surface area contributed by atoms with Crippen molar-refractivity contribution in [1.82, 2.24) is 10.2 Å². The molecule has 0 bridgehead atoms. The van der Waals surface area contributed by atoms with E-state index in [1.165, 1.54) is 5.56 Å². The Labute approximate surface area is 215 Å². The summed E-state index contributed by atoms with van der Waals surface area (Å²) in [6.45, 7) is 8.76. The molecule has 3 aromatic rings. The molecule has 36 heavy (non-hydrogen) atoms. The van der Waals surface area contributed by atoms with E-state index in [2.05, 4.69) is 11.4 Å². The van der Waals surface area contributed by atoms with Crippen LogP contribution in [0.3, 0.4) is 0 Å². The van der Waals surface area contributed by atoms with E-state index >= 15 is 0 Å². The van der Waals surface area contributed by atoms with E-state index in [0.29, 0.717) is 32.4 Å². The van der Waals surface area contributed by atoms with Crippen LogP contribution in [0.5, 0.6) is 5.75 Å². The summed E-state index contributed by atoms with van der Waals surface area (Å²) in [4.78, 5) is 28.7. The van der Waals surface area contributed by atoms with Gasteiger partial charge in [-0.05, 0) is 57.4 Å². The molecule has 3 aromatic carbocycles.